The standard InChI is InChI=1S/C14H21NS/c1-10-3-4-11(2)14(9-10)12-6-8-16-13(12)5-7-15-14/h6,8,10-11,15H,3-5,7,9H2,1-2H3. The smallest absolute Gasteiger partial charge is 0.0474 e. The molecule has 1 aromatic heterocycles. The van der Waals surface area contributed by atoms with Gasteiger partial charge in [0.25, 0.3) is 0 Å². The van der Waals surface area contributed by atoms with E-state index in [0.29, 0.717) is 5.54 Å². The van der Waals surface area contributed by atoms with Crippen LogP contribution in [0.5, 0.6) is 0 Å². The highest BCUT2D eigenvalue weighted by Crippen LogP contribution is 2.47. The molecule has 3 rings (SSSR count). The zero-order valence-corrected chi connectivity index (χ0v) is 11.1. The van der Waals surface area contributed by atoms with Gasteiger partial charge >= 0.3 is 0 Å². The number of fused-ring (bicyclic) bond motifs is 2. The van der Waals surface area contributed by atoms with Crippen molar-refractivity contribution in [1.82, 2.24) is 5.32 Å². The number of hydrogen-bond acceptors (Lipinski definition) is 2. The Morgan fingerprint density at radius 3 is 3.12 bits per heavy atom. The zero-order chi connectivity index (χ0) is 11.2. The lowest BCUT2D eigenvalue weighted by Gasteiger charge is -2.48. The normalized spacial score (nSPS) is 38.6. The first-order valence-electron chi connectivity index (χ1n) is 6.54. The van der Waals surface area contributed by atoms with Crippen LogP contribution < -0.4 is 5.32 Å². The summed E-state index contributed by atoms with van der Waals surface area (Å²) in [6, 6.07) is 2.38. The Morgan fingerprint density at radius 1 is 1.38 bits per heavy atom. The molecule has 1 nitrogen and oxygen atoms in total. The SMILES string of the molecule is CC1CCC(C)C2(C1)NCCc1sccc12. The Morgan fingerprint density at radius 2 is 2.25 bits per heavy atom. The maximum Gasteiger partial charge on any atom is 0.0474 e. The molecule has 2 aliphatic rings. The second kappa shape index (κ2) is 3.85. The van der Waals surface area contributed by atoms with E-state index in [-0.39, 0.29) is 0 Å². The van der Waals surface area contributed by atoms with Crippen molar-refractivity contribution >= 4 is 11.3 Å². The fraction of sp³-hybridized carbons (Fsp3) is 0.714. The topological polar surface area (TPSA) is 12.0 Å². The molecule has 0 amide bonds. The highest BCUT2D eigenvalue weighted by atomic mass is 32.1. The molecule has 1 aromatic rings. The van der Waals surface area contributed by atoms with E-state index < -0.39 is 0 Å². The molecule has 2 heteroatoms. The van der Waals surface area contributed by atoms with E-state index in [4.69, 9.17) is 0 Å². The van der Waals surface area contributed by atoms with Gasteiger partial charge in [-0.15, -0.1) is 11.3 Å². The molecule has 1 saturated carbocycles. The predicted octanol–water partition coefficient (Wildman–Crippen LogP) is 3.55. The lowest BCUT2D eigenvalue weighted by Crippen LogP contribution is -2.53. The Bertz CT molecular complexity index is 384. The zero-order valence-electron chi connectivity index (χ0n) is 10.3. The highest BCUT2D eigenvalue weighted by Gasteiger charge is 2.44. The first-order chi connectivity index (χ1) is 7.72. The van der Waals surface area contributed by atoms with Gasteiger partial charge in [0.05, 0.1) is 0 Å². The minimum absolute atomic E-state index is 0.311. The highest BCUT2D eigenvalue weighted by molar-refractivity contribution is 7.10. The van der Waals surface area contributed by atoms with Gasteiger partial charge in [-0.25, -0.2) is 0 Å². The molecule has 1 fully saturated rings. The molecule has 0 saturated heterocycles. The lowest BCUT2D eigenvalue weighted by atomic mass is 9.65. The number of thiophene rings is 1. The molecule has 1 N–H and O–H groups in total. The molecule has 3 atom stereocenters. The first kappa shape index (κ1) is 10.8. The average molecular weight is 235 g/mol. The fourth-order valence-electron chi connectivity index (χ4n) is 3.68. The Labute approximate surface area is 102 Å². The van der Waals surface area contributed by atoms with E-state index in [1.165, 1.54) is 32.2 Å². The van der Waals surface area contributed by atoms with Crippen LogP contribution in [-0.2, 0) is 12.0 Å². The van der Waals surface area contributed by atoms with Crippen LogP contribution in [0.2, 0.25) is 0 Å². The monoisotopic (exact) mass is 235 g/mol. The predicted molar refractivity (Wildman–Crippen MR) is 69.9 cm³/mol. The Balaban J connectivity index is 2.04. The van der Waals surface area contributed by atoms with E-state index in [0.717, 1.165) is 11.8 Å². The van der Waals surface area contributed by atoms with Gasteiger partial charge in [0.15, 0.2) is 0 Å². The Kier molecular flexibility index (Phi) is 2.60. The van der Waals surface area contributed by atoms with Crippen molar-refractivity contribution in [2.75, 3.05) is 6.54 Å². The van der Waals surface area contributed by atoms with Gasteiger partial charge < -0.3 is 5.32 Å². The molecule has 1 aliphatic carbocycles. The van der Waals surface area contributed by atoms with Crippen molar-refractivity contribution in [3.05, 3.63) is 21.9 Å². The van der Waals surface area contributed by atoms with Gasteiger partial charge in [0.2, 0.25) is 0 Å². The third-order valence-electron chi connectivity index (χ3n) is 4.62. The van der Waals surface area contributed by atoms with E-state index in [9.17, 15) is 0 Å². The van der Waals surface area contributed by atoms with Gasteiger partial charge in [0, 0.05) is 17.0 Å². The molecule has 88 valence electrons. The molecule has 1 aliphatic heterocycles. The summed E-state index contributed by atoms with van der Waals surface area (Å²) in [6.07, 6.45) is 5.35. The second-order valence-corrected chi connectivity index (χ2v) is 6.69. The summed E-state index contributed by atoms with van der Waals surface area (Å²) in [5, 5.41) is 6.15. The van der Waals surface area contributed by atoms with Gasteiger partial charge in [0.1, 0.15) is 0 Å². The average Bonchev–Trinajstić information content (AvgIpc) is 2.74. The number of rotatable bonds is 0. The molecule has 0 radical (unpaired) electrons. The number of hydrogen-bond donors (Lipinski definition) is 1. The van der Waals surface area contributed by atoms with Crippen molar-refractivity contribution < 1.29 is 0 Å². The van der Waals surface area contributed by atoms with E-state index in [2.05, 4.69) is 30.6 Å². The largest absolute Gasteiger partial charge is 0.307 e. The molecule has 2 heterocycles. The van der Waals surface area contributed by atoms with Crippen LogP contribution in [0.25, 0.3) is 0 Å². The Hall–Kier alpha value is -0.340. The van der Waals surface area contributed by atoms with Crippen LogP contribution in [0.1, 0.15) is 43.6 Å². The summed E-state index contributed by atoms with van der Waals surface area (Å²) in [4.78, 5) is 1.64. The quantitative estimate of drug-likeness (QED) is 0.725. The molecular weight excluding hydrogens is 214 g/mol. The maximum absolute atomic E-state index is 3.86. The maximum atomic E-state index is 3.86. The molecule has 3 unspecified atom stereocenters. The summed E-state index contributed by atoms with van der Waals surface area (Å²) >= 11 is 1.96. The molecule has 1 spiro atoms. The van der Waals surface area contributed by atoms with E-state index >= 15 is 0 Å². The minimum Gasteiger partial charge on any atom is -0.307 e. The van der Waals surface area contributed by atoms with Gasteiger partial charge in [-0.2, -0.15) is 0 Å². The van der Waals surface area contributed by atoms with Gasteiger partial charge in [-0.3, -0.25) is 0 Å². The van der Waals surface area contributed by atoms with Crippen LogP contribution >= 0.6 is 11.3 Å². The van der Waals surface area contributed by atoms with Crippen LogP contribution in [0.4, 0.5) is 0 Å². The van der Waals surface area contributed by atoms with E-state index in [1.807, 2.05) is 11.3 Å². The summed E-state index contributed by atoms with van der Waals surface area (Å²) < 4.78 is 0. The van der Waals surface area contributed by atoms with Crippen molar-refractivity contribution in [3.63, 3.8) is 0 Å². The second-order valence-electron chi connectivity index (χ2n) is 5.69. The van der Waals surface area contributed by atoms with Crippen LogP contribution in [0.3, 0.4) is 0 Å². The third-order valence-corrected chi connectivity index (χ3v) is 5.60. The molecule has 16 heavy (non-hydrogen) atoms. The molecule has 0 aromatic carbocycles. The van der Waals surface area contributed by atoms with Crippen molar-refractivity contribution in [3.8, 4) is 0 Å². The van der Waals surface area contributed by atoms with Crippen LogP contribution in [0.15, 0.2) is 11.4 Å². The van der Waals surface area contributed by atoms with Crippen LogP contribution in [0, 0.1) is 11.8 Å². The fourth-order valence-corrected chi connectivity index (χ4v) is 4.65. The summed E-state index contributed by atoms with van der Waals surface area (Å²) in [5.74, 6) is 1.66. The minimum atomic E-state index is 0.311. The number of nitrogens with one attached hydrogen (secondary N) is 1. The summed E-state index contributed by atoms with van der Waals surface area (Å²) in [7, 11) is 0. The van der Waals surface area contributed by atoms with E-state index in [1.54, 1.807) is 10.4 Å². The summed E-state index contributed by atoms with van der Waals surface area (Å²) in [6.45, 7) is 6.02. The van der Waals surface area contributed by atoms with Crippen molar-refractivity contribution in [2.24, 2.45) is 11.8 Å². The van der Waals surface area contributed by atoms with Gasteiger partial charge in [-0.1, -0.05) is 20.3 Å². The summed E-state index contributed by atoms with van der Waals surface area (Å²) in [5.41, 5.74) is 1.94. The third kappa shape index (κ3) is 1.46. The molecule has 0 bridgehead atoms. The lowest BCUT2D eigenvalue weighted by molar-refractivity contribution is 0.112. The van der Waals surface area contributed by atoms with Crippen molar-refractivity contribution in [2.45, 2.75) is 45.1 Å². The molecular formula is C14H21NS. The van der Waals surface area contributed by atoms with Crippen molar-refractivity contribution in [1.29, 1.82) is 0 Å². The van der Waals surface area contributed by atoms with Gasteiger partial charge in [-0.05, 0) is 48.1 Å². The van der Waals surface area contributed by atoms with Crippen LogP contribution in [-0.4, -0.2) is 6.54 Å². The first-order valence-corrected chi connectivity index (χ1v) is 7.42.